The summed E-state index contributed by atoms with van der Waals surface area (Å²) in [7, 11) is 0. The average molecular weight is 342 g/mol. The van der Waals surface area contributed by atoms with E-state index >= 15 is 0 Å². The first-order chi connectivity index (χ1) is 12.1. The lowest BCUT2D eigenvalue weighted by Crippen LogP contribution is -2.43. The third-order valence-corrected chi connectivity index (χ3v) is 5.44. The average Bonchev–Trinajstić information content (AvgIpc) is 3.29. The summed E-state index contributed by atoms with van der Waals surface area (Å²) in [6.07, 6.45) is 3.41. The summed E-state index contributed by atoms with van der Waals surface area (Å²) in [6, 6.07) is 8.29. The predicted octanol–water partition coefficient (Wildman–Crippen LogP) is 2.51. The zero-order valence-corrected chi connectivity index (χ0v) is 14.0. The molecule has 25 heavy (non-hydrogen) atoms. The van der Waals surface area contributed by atoms with Crippen LogP contribution in [0.4, 0.5) is 0 Å². The van der Waals surface area contributed by atoms with Crippen LogP contribution in [0.15, 0.2) is 30.5 Å². The van der Waals surface area contributed by atoms with Gasteiger partial charge in [0.25, 0.3) is 5.91 Å². The number of nitrogens with zero attached hydrogens (tertiary/aromatic N) is 1. The van der Waals surface area contributed by atoms with E-state index < -0.39 is 18.2 Å². The van der Waals surface area contributed by atoms with Gasteiger partial charge in [-0.3, -0.25) is 4.79 Å². The first-order valence-corrected chi connectivity index (χ1v) is 8.86. The van der Waals surface area contributed by atoms with Gasteiger partial charge in [-0.25, -0.2) is 4.79 Å². The molecule has 1 aromatic carbocycles. The number of amides is 1. The number of aromatic nitrogens is 1. The van der Waals surface area contributed by atoms with Crippen molar-refractivity contribution in [1.82, 2.24) is 9.88 Å². The second-order valence-corrected chi connectivity index (χ2v) is 6.92. The van der Waals surface area contributed by atoms with Gasteiger partial charge < -0.3 is 19.7 Å². The third kappa shape index (κ3) is 3.02. The van der Waals surface area contributed by atoms with Crippen LogP contribution in [0.25, 0.3) is 10.9 Å². The summed E-state index contributed by atoms with van der Waals surface area (Å²) < 4.78 is 5.40. The van der Waals surface area contributed by atoms with Crippen molar-refractivity contribution >= 4 is 22.8 Å². The number of para-hydroxylation sites is 1. The fraction of sp³-hybridized carbons (Fsp3) is 0.474. The number of rotatable bonds is 3. The Morgan fingerprint density at radius 3 is 2.52 bits per heavy atom. The fourth-order valence-corrected chi connectivity index (χ4v) is 4.05. The fourth-order valence-electron chi connectivity index (χ4n) is 4.05. The number of benzene rings is 1. The van der Waals surface area contributed by atoms with Crippen LogP contribution in [0.1, 0.15) is 37.2 Å². The standard InChI is InChI=1S/C19H22N2O4/c22-18(16-5-6-17(25-16)19(23)24)21-9-7-12(8-10-21)14-11-20-15-4-2-1-3-13(14)15/h1-4,11-12,16-17,20H,5-10H2,(H,23,24)/t16-,17+/m0/s1. The number of carbonyl (C=O) groups excluding carboxylic acids is 1. The number of hydrogen-bond donors (Lipinski definition) is 2. The number of aromatic amines is 1. The lowest BCUT2D eigenvalue weighted by molar-refractivity contribution is -0.155. The Balaban J connectivity index is 1.38. The van der Waals surface area contributed by atoms with Crippen molar-refractivity contribution in [3.8, 4) is 0 Å². The van der Waals surface area contributed by atoms with Crippen molar-refractivity contribution in [2.75, 3.05) is 13.1 Å². The second kappa shape index (κ2) is 6.52. The molecule has 0 aliphatic carbocycles. The Morgan fingerprint density at radius 1 is 1.08 bits per heavy atom. The molecule has 1 amide bonds. The second-order valence-electron chi connectivity index (χ2n) is 6.92. The summed E-state index contributed by atoms with van der Waals surface area (Å²) in [4.78, 5) is 28.7. The Morgan fingerprint density at radius 2 is 1.80 bits per heavy atom. The van der Waals surface area contributed by atoms with Gasteiger partial charge in [0.1, 0.15) is 6.10 Å². The molecule has 2 saturated heterocycles. The zero-order chi connectivity index (χ0) is 17.4. The first-order valence-electron chi connectivity index (χ1n) is 8.86. The molecular weight excluding hydrogens is 320 g/mol. The topological polar surface area (TPSA) is 82.6 Å². The molecule has 0 radical (unpaired) electrons. The molecule has 0 unspecified atom stereocenters. The monoisotopic (exact) mass is 342 g/mol. The number of aliphatic carboxylic acids is 1. The number of H-pyrrole nitrogens is 1. The maximum atomic E-state index is 12.6. The van der Waals surface area contributed by atoms with Crippen LogP contribution in [0.3, 0.4) is 0 Å². The van der Waals surface area contributed by atoms with Crippen LogP contribution in [0, 0.1) is 0 Å². The lowest BCUT2D eigenvalue weighted by Gasteiger charge is -2.33. The first kappa shape index (κ1) is 16.1. The minimum Gasteiger partial charge on any atom is -0.479 e. The summed E-state index contributed by atoms with van der Waals surface area (Å²) in [5.74, 6) is -0.592. The molecule has 2 fully saturated rings. The number of fused-ring (bicyclic) bond motifs is 1. The number of piperidine rings is 1. The number of carboxylic acids is 1. The maximum Gasteiger partial charge on any atom is 0.332 e. The summed E-state index contributed by atoms with van der Waals surface area (Å²) in [5.41, 5.74) is 2.47. The quantitative estimate of drug-likeness (QED) is 0.898. The molecule has 6 heteroatoms. The molecule has 0 bridgehead atoms. The Hall–Kier alpha value is -2.34. The van der Waals surface area contributed by atoms with Gasteiger partial charge in [-0.2, -0.15) is 0 Å². The molecule has 2 aliphatic heterocycles. The molecule has 2 atom stereocenters. The Kier molecular flexibility index (Phi) is 4.21. The molecule has 0 spiro atoms. The van der Waals surface area contributed by atoms with E-state index in [1.54, 1.807) is 0 Å². The minimum absolute atomic E-state index is 0.0545. The van der Waals surface area contributed by atoms with Crippen molar-refractivity contribution in [2.45, 2.75) is 43.8 Å². The van der Waals surface area contributed by atoms with Gasteiger partial charge in [0.05, 0.1) is 0 Å². The van der Waals surface area contributed by atoms with E-state index in [9.17, 15) is 9.59 Å². The highest BCUT2D eigenvalue weighted by Gasteiger charge is 2.37. The molecule has 3 heterocycles. The van der Waals surface area contributed by atoms with Gasteiger partial charge in [-0.1, -0.05) is 18.2 Å². The van der Waals surface area contributed by atoms with Crippen LogP contribution in [-0.2, 0) is 14.3 Å². The predicted molar refractivity (Wildman–Crippen MR) is 92.4 cm³/mol. The van der Waals surface area contributed by atoms with E-state index in [0.29, 0.717) is 31.8 Å². The largest absolute Gasteiger partial charge is 0.479 e. The number of ether oxygens (including phenoxy) is 1. The summed E-state index contributed by atoms with van der Waals surface area (Å²) >= 11 is 0. The van der Waals surface area contributed by atoms with E-state index in [2.05, 4.69) is 29.4 Å². The molecular formula is C19H22N2O4. The third-order valence-electron chi connectivity index (χ3n) is 5.44. The molecule has 2 aliphatic rings. The normalized spacial score (nSPS) is 24.7. The number of carbonyl (C=O) groups is 2. The van der Waals surface area contributed by atoms with E-state index in [4.69, 9.17) is 9.84 Å². The van der Waals surface area contributed by atoms with Crippen molar-refractivity contribution in [1.29, 1.82) is 0 Å². The Labute approximate surface area is 145 Å². The van der Waals surface area contributed by atoms with E-state index in [0.717, 1.165) is 18.4 Å². The van der Waals surface area contributed by atoms with E-state index in [1.165, 1.54) is 10.9 Å². The molecule has 6 nitrogen and oxygen atoms in total. The number of hydrogen-bond acceptors (Lipinski definition) is 3. The molecule has 132 valence electrons. The van der Waals surface area contributed by atoms with Gasteiger partial charge in [-0.05, 0) is 43.2 Å². The molecule has 1 aromatic heterocycles. The lowest BCUT2D eigenvalue weighted by atomic mass is 9.89. The highest BCUT2D eigenvalue weighted by Crippen LogP contribution is 2.33. The van der Waals surface area contributed by atoms with Crippen molar-refractivity contribution in [3.05, 3.63) is 36.0 Å². The highest BCUT2D eigenvalue weighted by molar-refractivity contribution is 5.84. The summed E-state index contributed by atoms with van der Waals surface area (Å²) in [6.45, 7) is 1.39. The highest BCUT2D eigenvalue weighted by atomic mass is 16.5. The van der Waals surface area contributed by atoms with Gasteiger partial charge in [0, 0.05) is 30.2 Å². The van der Waals surface area contributed by atoms with Crippen LogP contribution in [0.2, 0.25) is 0 Å². The van der Waals surface area contributed by atoms with E-state index in [-0.39, 0.29) is 5.91 Å². The van der Waals surface area contributed by atoms with Crippen molar-refractivity contribution in [2.24, 2.45) is 0 Å². The molecule has 2 aromatic rings. The van der Waals surface area contributed by atoms with E-state index in [1.807, 2.05) is 11.0 Å². The van der Waals surface area contributed by atoms with Crippen LogP contribution in [0.5, 0.6) is 0 Å². The Bertz CT molecular complexity index is 792. The number of likely N-dealkylation sites (tertiary alicyclic amines) is 1. The van der Waals surface area contributed by atoms with Gasteiger partial charge in [0.15, 0.2) is 6.10 Å². The van der Waals surface area contributed by atoms with Crippen LogP contribution in [-0.4, -0.2) is 52.2 Å². The van der Waals surface area contributed by atoms with Crippen LogP contribution < -0.4 is 0 Å². The minimum atomic E-state index is -0.978. The number of nitrogens with one attached hydrogen (secondary N) is 1. The number of carboxylic acid groups (broad SMARTS) is 1. The van der Waals surface area contributed by atoms with Gasteiger partial charge in [0.2, 0.25) is 0 Å². The maximum absolute atomic E-state index is 12.6. The van der Waals surface area contributed by atoms with Gasteiger partial charge in [-0.15, -0.1) is 0 Å². The van der Waals surface area contributed by atoms with Crippen molar-refractivity contribution < 1.29 is 19.4 Å². The van der Waals surface area contributed by atoms with Crippen molar-refractivity contribution in [3.63, 3.8) is 0 Å². The molecule has 2 N–H and O–H groups in total. The van der Waals surface area contributed by atoms with Gasteiger partial charge >= 0.3 is 5.97 Å². The summed E-state index contributed by atoms with van der Waals surface area (Å²) in [5, 5.41) is 10.3. The van der Waals surface area contributed by atoms with Crippen LogP contribution >= 0.6 is 0 Å². The smallest absolute Gasteiger partial charge is 0.332 e. The zero-order valence-electron chi connectivity index (χ0n) is 14.0. The molecule has 0 saturated carbocycles. The SMILES string of the molecule is O=C(O)[C@H]1CC[C@@H](C(=O)N2CCC(c3c[nH]c4ccccc34)CC2)O1. The molecule has 4 rings (SSSR count).